The van der Waals surface area contributed by atoms with Gasteiger partial charge in [0.05, 0.1) is 0 Å². The van der Waals surface area contributed by atoms with E-state index in [0.717, 1.165) is 6.42 Å². The third-order valence-electron chi connectivity index (χ3n) is 4.72. The topological polar surface area (TPSA) is 17.1 Å². The molecule has 0 aliphatic rings. The standard InChI is InChI=1S/C21H41O.Fe/c1-2-3-4-5-6-7-8-9-10-11-12-13-14-15-16-17-18-19-20-21-22;/h2-20H2,1H3;. The zero-order chi connectivity index (χ0) is 17.0. The minimum absolute atomic E-state index is 0.0986. The third kappa shape index (κ3) is 22.2. The molecule has 0 heterocycles. The average molecular weight is 365 g/mol. The third-order valence-corrected chi connectivity index (χ3v) is 5.00. The minimum atomic E-state index is 0.0986. The predicted molar refractivity (Wildman–Crippen MR) is 98.4 cm³/mol. The van der Waals surface area contributed by atoms with E-state index >= 15 is 0 Å². The van der Waals surface area contributed by atoms with E-state index in [2.05, 4.69) is 22.9 Å². The van der Waals surface area contributed by atoms with E-state index in [1.165, 1.54) is 109 Å². The van der Waals surface area contributed by atoms with Crippen molar-refractivity contribution in [2.45, 2.75) is 129 Å². The Kier molecular flexibility index (Phi) is 20.4. The van der Waals surface area contributed by atoms with E-state index in [4.69, 9.17) is 0 Å². The molecule has 1 nitrogen and oxygen atoms in total. The van der Waals surface area contributed by atoms with Crippen molar-refractivity contribution < 1.29 is 20.8 Å². The molecule has 0 aliphatic carbocycles. The molecule has 23 heavy (non-hydrogen) atoms. The van der Waals surface area contributed by atoms with Gasteiger partial charge in [-0.05, 0) is 0 Å². The first kappa shape index (κ1) is 23.2. The zero-order valence-electron chi connectivity index (χ0n) is 15.7. The fraction of sp³-hybridized carbons (Fsp3) is 0.952. The van der Waals surface area contributed by atoms with Gasteiger partial charge in [-0.2, -0.15) is 0 Å². The van der Waals surface area contributed by atoms with E-state index < -0.39 is 0 Å². The van der Waals surface area contributed by atoms with Gasteiger partial charge in [-0.25, -0.2) is 0 Å². The second-order valence-electron chi connectivity index (χ2n) is 7.10. The Balaban J connectivity index is 2.96. The van der Waals surface area contributed by atoms with Crippen LogP contribution in [0.2, 0.25) is 0 Å². The fourth-order valence-corrected chi connectivity index (χ4v) is 3.36. The van der Waals surface area contributed by atoms with Crippen molar-refractivity contribution >= 4 is 4.68 Å². The Bertz CT molecular complexity index is 240. The van der Waals surface area contributed by atoms with Crippen molar-refractivity contribution in [2.75, 3.05) is 0 Å². The summed E-state index contributed by atoms with van der Waals surface area (Å²) in [6, 6.07) is 0. The Morgan fingerprint density at radius 1 is 0.522 bits per heavy atom. The Labute approximate surface area is 154 Å². The van der Waals surface area contributed by atoms with Gasteiger partial charge < -0.3 is 0 Å². The molecule has 0 spiro atoms. The molecule has 0 atom stereocenters. The quantitative estimate of drug-likeness (QED) is 0.171. The number of hydrogen-bond donors (Lipinski definition) is 0. The average Bonchev–Trinajstić information content (AvgIpc) is 2.53. The predicted octanol–water partition coefficient (Wildman–Crippen LogP) is 7.49. The van der Waals surface area contributed by atoms with Crippen molar-refractivity contribution in [1.82, 2.24) is 0 Å². The zero-order valence-corrected chi connectivity index (χ0v) is 16.8. The van der Waals surface area contributed by atoms with Crippen LogP contribution < -0.4 is 0 Å². The molecule has 0 saturated carbocycles. The number of carbonyl (C=O) groups is 1. The Morgan fingerprint density at radius 3 is 1.04 bits per heavy atom. The van der Waals surface area contributed by atoms with Crippen LogP contribution in [-0.2, 0) is 20.8 Å². The molecule has 0 radical (unpaired) electrons. The summed E-state index contributed by atoms with van der Waals surface area (Å²) in [5, 5.41) is 0. The van der Waals surface area contributed by atoms with Crippen LogP contribution in [0.25, 0.3) is 0 Å². The molecule has 0 rings (SSSR count). The Hall–Kier alpha value is 0.189. The summed E-state index contributed by atoms with van der Waals surface area (Å²) in [5.41, 5.74) is 0. The summed E-state index contributed by atoms with van der Waals surface area (Å²) in [7, 11) is 0. The van der Waals surface area contributed by atoms with Crippen LogP contribution in [0.4, 0.5) is 0 Å². The van der Waals surface area contributed by atoms with Gasteiger partial charge in [-0.15, -0.1) is 0 Å². The van der Waals surface area contributed by atoms with E-state index in [1.54, 1.807) is 0 Å². The molecular weight excluding hydrogens is 324 g/mol. The van der Waals surface area contributed by atoms with E-state index in [1.807, 2.05) is 0 Å². The van der Waals surface area contributed by atoms with E-state index in [-0.39, 0.29) is 4.68 Å². The number of carbonyl (C=O) groups excluding carboxylic acids is 1. The van der Waals surface area contributed by atoms with Crippen molar-refractivity contribution in [1.29, 1.82) is 0 Å². The SMILES string of the molecule is CCCCCCCCCCCCCCCCCCCC[C](=O)[Fe]. The van der Waals surface area contributed by atoms with Crippen molar-refractivity contribution in [2.24, 2.45) is 0 Å². The number of unbranched alkanes of at least 4 members (excludes halogenated alkanes) is 17. The molecule has 0 saturated heterocycles. The first-order valence-electron chi connectivity index (χ1n) is 10.4. The van der Waals surface area contributed by atoms with Gasteiger partial charge in [-0.3, -0.25) is 0 Å². The first-order chi connectivity index (χ1) is 11.3. The number of hydrogen-bond acceptors (Lipinski definition) is 1. The summed E-state index contributed by atoms with van der Waals surface area (Å²) < 4.78 is 0.0986. The molecule has 0 aromatic heterocycles. The van der Waals surface area contributed by atoms with Crippen LogP contribution >= 0.6 is 0 Å². The van der Waals surface area contributed by atoms with Gasteiger partial charge in [0, 0.05) is 0 Å². The first-order valence-corrected chi connectivity index (χ1v) is 11.0. The van der Waals surface area contributed by atoms with Crippen LogP contribution in [0.15, 0.2) is 0 Å². The van der Waals surface area contributed by atoms with Crippen molar-refractivity contribution in [3.63, 3.8) is 0 Å². The van der Waals surface area contributed by atoms with Crippen molar-refractivity contribution in [3.8, 4) is 0 Å². The summed E-state index contributed by atoms with van der Waals surface area (Å²) in [4.78, 5) is 10.7. The second kappa shape index (κ2) is 20.2. The molecule has 0 aliphatic heterocycles. The molecule has 0 aromatic rings. The number of rotatable bonds is 19. The van der Waals surface area contributed by atoms with E-state index in [9.17, 15) is 4.79 Å². The molecule has 139 valence electrons. The molecule has 2 heteroatoms. The monoisotopic (exact) mass is 365 g/mol. The van der Waals surface area contributed by atoms with Gasteiger partial charge >= 0.3 is 96.1 Å². The second-order valence-corrected chi connectivity index (χ2v) is 7.72. The summed E-state index contributed by atoms with van der Waals surface area (Å²) in [5.74, 6) is 0. The molecule has 0 amide bonds. The van der Waals surface area contributed by atoms with Gasteiger partial charge in [0.2, 0.25) is 0 Å². The molecule has 0 fully saturated rings. The summed E-state index contributed by atoms with van der Waals surface area (Å²) in [6.07, 6.45) is 25.7. The van der Waals surface area contributed by atoms with E-state index in [0.29, 0.717) is 6.42 Å². The van der Waals surface area contributed by atoms with Crippen LogP contribution in [-0.4, -0.2) is 4.68 Å². The van der Waals surface area contributed by atoms with Crippen LogP contribution in [0.3, 0.4) is 0 Å². The van der Waals surface area contributed by atoms with Gasteiger partial charge in [0.1, 0.15) is 0 Å². The van der Waals surface area contributed by atoms with Crippen LogP contribution in [0.5, 0.6) is 0 Å². The van der Waals surface area contributed by atoms with Crippen molar-refractivity contribution in [3.05, 3.63) is 0 Å². The van der Waals surface area contributed by atoms with Gasteiger partial charge in [0.25, 0.3) is 0 Å². The molecule has 0 unspecified atom stereocenters. The fourth-order valence-electron chi connectivity index (χ4n) is 3.16. The maximum absolute atomic E-state index is 10.7. The van der Waals surface area contributed by atoms with Crippen LogP contribution in [0, 0.1) is 0 Å². The normalized spacial score (nSPS) is 11.0. The Morgan fingerprint density at radius 2 is 0.783 bits per heavy atom. The van der Waals surface area contributed by atoms with Crippen LogP contribution in [0.1, 0.15) is 129 Å². The molecule has 0 aromatic carbocycles. The summed E-state index contributed by atoms with van der Waals surface area (Å²) in [6.45, 7) is 2.29. The molecule has 0 bridgehead atoms. The maximum atomic E-state index is 10.7. The van der Waals surface area contributed by atoms with Gasteiger partial charge in [-0.1, -0.05) is 58.3 Å². The molecule has 0 N–H and O–H groups in total. The van der Waals surface area contributed by atoms with Gasteiger partial charge in [0.15, 0.2) is 0 Å². The summed E-state index contributed by atoms with van der Waals surface area (Å²) >= 11 is 3.41. The molecular formula is C21H41FeO.